The third-order valence-electron chi connectivity index (χ3n) is 3.59. The number of rotatable bonds is 4. The number of carbonyl (C=O) groups is 1. The molecule has 2 heterocycles. The Bertz CT molecular complexity index is 698. The van der Waals surface area contributed by atoms with Crippen LogP contribution in [-0.4, -0.2) is 42.1 Å². The number of aromatic nitrogens is 1. The van der Waals surface area contributed by atoms with Gasteiger partial charge >= 0.3 is 0 Å². The lowest BCUT2D eigenvalue weighted by molar-refractivity contribution is 0.0341. The fraction of sp³-hybridized carbons (Fsp3) is 0.375. The highest BCUT2D eigenvalue weighted by Gasteiger charge is 2.18. The number of anilines is 1. The molecule has 1 fully saturated rings. The summed E-state index contributed by atoms with van der Waals surface area (Å²) >= 11 is 7.39. The van der Waals surface area contributed by atoms with E-state index in [0.29, 0.717) is 15.6 Å². The molecule has 1 N–H and O–H groups in total. The number of ether oxygens (including phenoxy) is 1. The van der Waals surface area contributed by atoms with E-state index < -0.39 is 0 Å². The predicted octanol–water partition coefficient (Wildman–Crippen LogP) is 3.19. The number of halogens is 1. The van der Waals surface area contributed by atoms with Gasteiger partial charge in [-0.2, -0.15) is 0 Å². The quantitative estimate of drug-likeness (QED) is 0.919. The second-order valence-electron chi connectivity index (χ2n) is 5.38. The molecule has 3 rings (SSSR count). The van der Waals surface area contributed by atoms with Crippen molar-refractivity contribution in [1.82, 2.24) is 9.88 Å². The summed E-state index contributed by atoms with van der Waals surface area (Å²) in [5.74, 6) is -0.143. The molecule has 0 saturated carbocycles. The van der Waals surface area contributed by atoms with Gasteiger partial charge in [-0.1, -0.05) is 17.7 Å². The van der Waals surface area contributed by atoms with E-state index in [9.17, 15) is 4.79 Å². The Balaban J connectivity index is 1.68. The van der Waals surface area contributed by atoms with Gasteiger partial charge in [-0.25, -0.2) is 4.98 Å². The summed E-state index contributed by atoms with van der Waals surface area (Å²) in [6, 6.07) is 7.12. The Kier molecular flexibility index (Phi) is 5.27. The number of hydrogen-bond acceptors (Lipinski definition) is 5. The van der Waals surface area contributed by atoms with Crippen LogP contribution in [0, 0.1) is 6.92 Å². The first-order valence-corrected chi connectivity index (χ1v) is 8.64. The fourth-order valence-electron chi connectivity index (χ4n) is 2.44. The molecule has 0 radical (unpaired) electrons. The van der Waals surface area contributed by atoms with E-state index in [0.717, 1.165) is 43.5 Å². The van der Waals surface area contributed by atoms with Crippen LogP contribution in [0.1, 0.15) is 20.4 Å². The topological polar surface area (TPSA) is 54.5 Å². The first-order chi connectivity index (χ1) is 11.1. The number of benzene rings is 1. The molecule has 122 valence electrons. The number of morpholine rings is 1. The van der Waals surface area contributed by atoms with Crippen molar-refractivity contribution in [2.75, 3.05) is 31.6 Å². The van der Waals surface area contributed by atoms with E-state index in [2.05, 4.69) is 15.2 Å². The van der Waals surface area contributed by atoms with Crippen LogP contribution < -0.4 is 5.32 Å². The number of aryl methyl sites for hydroxylation is 1. The molecule has 23 heavy (non-hydrogen) atoms. The molecule has 0 aliphatic carbocycles. The maximum Gasteiger partial charge on any atom is 0.267 e. The van der Waals surface area contributed by atoms with Crippen molar-refractivity contribution in [3.8, 4) is 0 Å². The second kappa shape index (κ2) is 7.40. The molecule has 1 aliphatic heterocycles. The Morgan fingerprint density at radius 1 is 1.43 bits per heavy atom. The molecule has 5 nitrogen and oxygen atoms in total. The highest BCUT2D eigenvalue weighted by molar-refractivity contribution is 7.13. The third kappa shape index (κ3) is 4.29. The Hall–Kier alpha value is -1.47. The van der Waals surface area contributed by atoms with Crippen molar-refractivity contribution in [3.63, 3.8) is 0 Å². The minimum atomic E-state index is -0.143. The van der Waals surface area contributed by atoms with Gasteiger partial charge in [0.15, 0.2) is 0 Å². The van der Waals surface area contributed by atoms with Crippen molar-refractivity contribution in [1.29, 1.82) is 0 Å². The Labute approximate surface area is 144 Å². The molecule has 0 unspecified atom stereocenters. The van der Waals surface area contributed by atoms with Gasteiger partial charge in [0.25, 0.3) is 5.91 Å². The number of nitrogens with zero attached hydrogens (tertiary/aromatic N) is 2. The molecule has 0 bridgehead atoms. The third-order valence-corrected chi connectivity index (χ3v) is 4.97. The zero-order valence-electron chi connectivity index (χ0n) is 12.8. The van der Waals surface area contributed by atoms with Crippen LogP contribution in [-0.2, 0) is 11.3 Å². The number of thiazole rings is 1. The Morgan fingerprint density at radius 2 is 2.22 bits per heavy atom. The highest BCUT2D eigenvalue weighted by Crippen LogP contribution is 2.22. The number of hydrogen-bond donors (Lipinski definition) is 1. The summed E-state index contributed by atoms with van der Waals surface area (Å²) in [5.41, 5.74) is 1.45. The van der Waals surface area contributed by atoms with Crippen LogP contribution in [0.5, 0.6) is 0 Å². The average Bonchev–Trinajstić information content (AvgIpc) is 2.89. The summed E-state index contributed by atoms with van der Waals surface area (Å²) in [4.78, 5) is 19.9. The van der Waals surface area contributed by atoms with Gasteiger partial charge < -0.3 is 10.1 Å². The molecule has 1 aromatic heterocycles. The normalized spacial score (nSPS) is 15.6. The molecule has 1 saturated heterocycles. The van der Waals surface area contributed by atoms with Crippen LogP contribution in [0.25, 0.3) is 0 Å². The van der Waals surface area contributed by atoms with Crippen molar-refractivity contribution in [2.45, 2.75) is 13.5 Å². The van der Waals surface area contributed by atoms with Gasteiger partial charge in [0.05, 0.1) is 25.5 Å². The number of carbonyl (C=O) groups excluding carboxylic acids is 1. The highest BCUT2D eigenvalue weighted by atomic mass is 35.5. The minimum Gasteiger partial charge on any atom is -0.379 e. The molecule has 1 aromatic carbocycles. The van der Waals surface area contributed by atoms with E-state index in [4.69, 9.17) is 16.3 Å². The lowest BCUT2D eigenvalue weighted by Gasteiger charge is -2.25. The minimum absolute atomic E-state index is 0.143. The Morgan fingerprint density at radius 3 is 2.96 bits per heavy atom. The standard InChI is InChI=1S/C16H18ClN3O2S/c1-11-15(16(21)19-13-4-2-3-12(17)9-13)23-14(18-11)10-20-5-7-22-8-6-20/h2-4,9H,5-8,10H2,1H3,(H,19,21). The van der Waals surface area contributed by atoms with E-state index in [1.165, 1.54) is 11.3 Å². The number of nitrogens with one attached hydrogen (secondary N) is 1. The van der Waals surface area contributed by atoms with Crippen LogP contribution in [0.2, 0.25) is 5.02 Å². The molecular formula is C16H18ClN3O2S. The van der Waals surface area contributed by atoms with Crippen molar-refractivity contribution < 1.29 is 9.53 Å². The smallest absolute Gasteiger partial charge is 0.267 e. The zero-order valence-corrected chi connectivity index (χ0v) is 14.4. The molecule has 1 amide bonds. The predicted molar refractivity (Wildman–Crippen MR) is 92.4 cm³/mol. The van der Waals surface area contributed by atoms with Gasteiger partial charge in [-0.3, -0.25) is 9.69 Å². The molecule has 7 heteroatoms. The fourth-order valence-corrected chi connectivity index (χ4v) is 3.63. The summed E-state index contributed by atoms with van der Waals surface area (Å²) < 4.78 is 5.35. The van der Waals surface area contributed by atoms with E-state index in [-0.39, 0.29) is 5.91 Å². The van der Waals surface area contributed by atoms with Gasteiger partial charge in [-0.05, 0) is 25.1 Å². The van der Waals surface area contributed by atoms with E-state index >= 15 is 0 Å². The average molecular weight is 352 g/mol. The van der Waals surface area contributed by atoms with Crippen molar-refractivity contribution >= 4 is 34.5 Å². The van der Waals surface area contributed by atoms with E-state index in [1.807, 2.05) is 13.0 Å². The first kappa shape index (κ1) is 16.4. The van der Waals surface area contributed by atoms with Gasteiger partial charge in [-0.15, -0.1) is 11.3 Å². The van der Waals surface area contributed by atoms with Crippen molar-refractivity contribution in [2.24, 2.45) is 0 Å². The summed E-state index contributed by atoms with van der Waals surface area (Å²) in [6.07, 6.45) is 0. The lowest BCUT2D eigenvalue weighted by Crippen LogP contribution is -2.35. The SMILES string of the molecule is Cc1nc(CN2CCOCC2)sc1C(=O)Nc1cccc(Cl)c1. The summed E-state index contributed by atoms with van der Waals surface area (Å²) in [5, 5.41) is 4.42. The van der Waals surface area contributed by atoms with E-state index in [1.54, 1.807) is 18.2 Å². The largest absolute Gasteiger partial charge is 0.379 e. The van der Waals surface area contributed by atoms with Crippen LogP contribution in [0.3, 0.4) is 0 Å². The molecule has 0 spiro atoms. The zero-order chi connectivity index (χ0) is 16.2. The van der Waals surface area contributed by atoms with Crippen LogP contribution >= 0.6 is 22.9 Å². The maximum absolute atomic E-state index is 12.4. The molecular weight excluding hydrogens is 334 g/mol. The number of amides is 1. The first-order valence-electron chi connectivity index (χ1n) is 7.45. The second-order valence-corrected chi connectivity index (χ2v) is 6.90. The van der Waals surface area contributed by atoms with Gasteiger partial charge in [0.1, 0.15) is 9.88 Å². The van der Waals surface area contributed by atoms with Crippen LogP contribution in [0.4, 0.5) is 5.69 Å². The monoisotopic (exact) mass is 351 g/mol. The maximum atomic E-state index is 12.4. The lowest BCUT2D eigenvalue weighted by atomic mass is 10.3. The van der Waals surface area contributed by atoms with Crippen molar-refractivity contribution in [3.05, 3.63) is 44.9 Å². The molecule has 2 aromatic rings. The van der Waals surface area contributed by atoms with Crippen LogP contribution in [0.15, 0.2) is 24.3 Å². The molecule has 0 atom stereocenters. The molecule has 1 aliphatic rings. The summed E-state index contributed by atoms with van der Waals surface area (Å²) in [7, 11) is 0. The van der Waals surface area contributed by atoms with Gasteiger partial charge in [0, 0.05) is 23.8 Å². The van der Waals surface area contributed by atoms with Gasteiger partial charge in [0.2, 0.25) is 0 Å². The summed E-state index contributed by atoms with van der Waals surface area (Å²) in [6.45, 7) is 5.95.